The predicted molar refractivity (Wildman–Crippen MR) is 51.2 cm³/mol. The topological polar surface area (TPSA) is 47.8 Å². The van der Waals surface area contributed by atoms with Gasteiger partial charge in [-0.1, -0.05) is 17.3 Å². The minimum absolute atomic E-state index is 0.295. The molecule has 1 aromatic heterocycles. The minimum atomic E-state index is -1.000. The third-order valence-corrected chi connectivity index (χ3v) is 2.59. The maximum atomic E-state index is 12.7. The van der Waals surface area contributed by atoms with Gasteiger partial charge < -0.3 is 0 Å². The summed E-state index contributed by atoms with van der Waals surface area (Å²) in [5.41, 5.74) is 1.29. The second-order valence-electron chi connectivity index (χ2n) is 3.69. The average Bonchev–Trinajstić information content (AvgIpc) is 2.83. The van der Waals surface area contributed by atoms with Gasteiger partial charge in [0.15, 0.2) is 0 Å². The van der Waals surface area contributed by atoms with Crippen LogP contribution in [0.15, 0.2) is 24.3 Å². The third-order valence-electron chi connectivity index (χ3n) is 2.59. The van der Waals surface area contributed by atoms with Crippen LogP contribution in [0.4, 0.5) is 4.39 Å². The van der Waals surface area contributed by atoms with Gasteiger partial charge in [-0.2, -0.15) is 4.68 Å². The van der Waals surface area contributed by atoms with Crippen LogP contribution in [-0.2, 0) is 0 Å². The van der Waals surface area contributed by atoms with Crippen molar-refractivity contribution in [2.45, 2.75) is 12.6 Å². The number of carbonyl (C=O) groups excluding carboxylic acids is 1. The largest absolute Gasteiger partial charge is 0.272 e. The summed E-state index contributed by atoms with van der Waals surface area (Å²) in [6, 6.07) is 7.14. The Kier molecular flexibility index (Phi) is 1.62. The molecule has 0 spiro atoms. The quantitative estimate of drug-likeness (QED) is 0.707. The van der Waals surface area contributed by atoms with E-state index in [4.69, 9.17) is 0 Å². The van der Waals surface area contributed by atoms with Crippen LogP contribution in [0.1, 0.15) is 11.2 Å². The van der Waals surface area contributed by atoms with Crippen LogP contribution in [0.2, 0.25) is 0 Å². The van der Waals surface area contributed by atoms with Crippen molar-refractivity contribution in [1.82, 2.24) is 15.0 Å². The van der Waals surface area contributed by atoms with E-state index < -0.39 is 12.1 Å². The molecule has 5 heteroatoms. The summed E-state index contributed by atoms with van der Waals surface area (Å²) in [5, 5.41) is 7.59. The smallest absolute Gasteiger partial charge is 0.255 e. The lowest BCUT2D eigenvalue weighted by molar-refractivity contribution is 0.0862. The number of alkyl halides is 1. The maximum absolute atomic E-state index is 12.7. The van der Waals surface area contributed by atoms with Crippen molar-refractivity contribution < 1.29 is 9.18 Å². The Morgan fingerprint density at radius 2 is 2.20 bits per heavy atom. The first-order valence-corrected chi connectivity index (χ1v) is 4.76. The third kappa shape index (κ3) is 1.23. The SMILES string of the molecule is O=C([C@@H]1C[C@@H]1F)n1nnc2ccccc21. The molecule has 1 heterocycles. The van der Waals surface area contributed by atoms with Crippen molar-refractivity contribution in [1.29, 1.82) is 0 Å². The molecule has 2 aromatic rings. The highest BCUT2D eigenvalue weighted by Crippen LogP contribution is 2.35. The fraction of sp³-hybridized carbons (Fsp3) is 0.300. The van der Waals surface area contributed by atoms with E-state index in [0.717, 1.165) is 0 Å². The number of fused-ring (bicyclic) bond motifs is 1. The van der Waals surface area contributed by atoms with Crippen LogP contribution in [-0.4, -0.2) is 27.1 Å². The van der Waals surface area contributed by atoms with Gasteiger partial charge in [-0.25, -0.2) is 4.39 Å². The van der Waals surface area contributed by atoms with Crippen LogP contribution in [0, 0.1) is 5.92 Å². The molecule has 3 rings (SSSR count). The Morgan fingerprint density at radius 3 is 2.93 bits per heavy atom. The normalized spacial score (nSPS) is 24.3. The molecule has 0 bridgehead atoms. The monoisotopic (exact) mass is 205 g/mol. The molecular weight excluding hydrogens is 197 g/mol. The van der Waals surface area contributed by atoms with Crippen molar-refractivity contribution >= 4 is 16.9 Å². The van der Waals surface area contributed by atoms with E-state index in [1.165, 1.54) is 4.68 Å². The Balaban J connectivity index is 2.07. The highest BCUT2D eigenvalue weighted by molar-refractivity contribution is 5.91. The second kappa shape index (κ2) is 2.85. The molecule has 0 saturated heterocycles. The lowest BCUT2D eigenvalue weighted by Crippen LogP contribution is -2.15. The Hall–Kier alpha value is -1.78. The van der Waals surface area contributed by atoms with Crippen LogP contribution >= 0.6 is 0 Å². The van der Waals surface area contributed by atoms with Gasteiger partial charge in [-0.05, 0) is 18.6 Å². The molecule has 0 radical (unpaired) electrons. The van der Waals surface area contributed by atoms with E-state index in [2.05, 4.69) is 10.3 Å². The standard InChI is InChI=1S/C10H8FN3O/c11-7-5-6(7)10(15)14-9-4-2-1-3-8(9)12-13-14/h1-4,6-7H,5H2/t6-,7+/m1/s1. The Labute approximate surface area is 84.7 Å². The molecule has 1 aromatic carbocycles. The summed E-state index contributed by atoms with van der Waals surface area (Å²) in [4.78, 5) is 11.7. The summed E-state index contributed by atoms with van der Waals surface area (Å²) in [7, 11) is 0. The summed E-state index contributed by atoms with van der Waals surface area (Å²) in [5.74, 6) is -0.814. The van der Waals surface area contributed by atoms with Crippen molar-refractivity contribution in [3.8, 4) is 0 Å². The van der Waals surface area contributed by atoms with Crippen LogP contribution in [0.5, 0.6) is 0 Å². The number of benzene rings is 1. The van der Waals surface area contributed by atoms with Gasteiger partial charge in [0.25, 0.3) is 5.91 Å². The minimum Gasteiger partial charge on any atom is -0.272 e. The number of aromatic nitrogens is 3. The van der Waals surface area contributed by atoms with Crippen LogP contribution in [0.25, 0.3) is 11.0 Å². The first-order valence-electron chi connectivity index (χ1n) is 4.76. The van der Waals surface area contributed by atoms with Crippen molar-refractivity contribution in [2.24, 2.45) is 5.92 Å². The van der Waals surface area contributed by atoms with E-state index in [9.17, 15) is 9.18 Å². The number of nitrogens with zero attached hydrogens (tertiary/aromatic N) is 3. The van der Waals surface area contributed by atoms with E-state index in [0.29, 0.717) is 17.5 Å². The van der Waals surface area contributed by atoms with Gasteiger partial charge in [0, 0.05) is 0 Å². The maximum Gasteiger partial charge on any atom is 0.255 e. The highest BCUT2D eigenvalue weighted by Gasteiger charge is 2.45. The molecular formula is C10H8FN3O. The number of halogens is 1. The van der Waals surface area contributed by atoms with Gasteiger partial charge in [-0.15, -0.1) is 5.10 Å². The van der Waals surface area contributed by atoms with Gasteiger partial charge in [0.05, 0.1) is 11.4 Å². The van der Waals surface area contributed by atoms with Crippen molar-refractivity contribution in [3.05, 3.63) is 24.3 Å². The second-order valence-corrected chi connectivity index (χ2v) is 3.69. The molecule has 0 amide bonds. The zero-order valence-electron chi connectivity index (χ0n) is 7.80. The fourth-order valence-corrected chi connectivity index (χ4v) is 1.61. The van der Waals surface area contributed by atoms with Gasteiger partial charge >= 0.3 is 0 Å². The molecule has 1 fully saturated rings. The molecule has 0 unspecified atom stereocenters. The lowest BCUT2D eigenvalue weighted by atomic mass is 10.3. The summed E-state index contributed by atoms with van der Waals surface area (Å²) in [6.45, 7) is 0. The lowest BCUT2D eigenvalue weighted by Gasteiger charge is -1.97. The average molecular weight is 205 g/mol. The molecule has 0 aliphatic heterocycles. The van der Waals surface area contributed by atoms with Gasteiger partial charge in [-0.3, -0.25) is 4.79 Å². The fourth-order valence-electron chi connectivity index (χ4n) is 1.61. The number of para-hydroxylation sites is 1. The zero-order valence-corrected chi connectivity index (χ0v) is 7.80. The number of carbonyl (C=O) groups is 1. The summed E-state index contributed by atoms with van der Waals surface area (Å²) in [6.07, 6.45) is -0.687. The van der Waals surface area contributed by atoms with Gasteiger partial charge in [0.1, 0.15) is 11.7 Å². The van der Waals surface area contributed by atoms with Crippen molar-refractivity contribution in [2.75, 3.05) is 0 Å². The number of rotatable bonds is 1. The molecule has 15 heavy (non-hydrogen) atoms. The summed E-state index contributed by atoms with van der Waals surface area (Å²) < 4.78 is 13.9. The summed E-state index contributed by atoms with van der Waals surface area (Å²) >= 11 is 0. The first-order chi connectivity index (χ1) is 7.27. The van der Waals surface area contributed by atoms with E-state index in [-0.39, 0.29) is 5.91 Å². The van der Waals surface area contributed by atoms with Crippen LogP contribution < -0.4 is 0 Å². The molecule has 1 saturated carbocycles. The molecule has 4 nitrogen and oxygen atoms in total. The van der Waals surface area contributed by atoms with E-state index in [1.807, 2.05) is 6.07 Å². The van der Waals surface area contributed by atoms with E-state index in [1.54, 1.807) is 18.2 Å². The molecule has 2 atom stereocenters. The number of hydrogen-bond acceptors (Lipinski definition) is 3. The Bertz CT molecular complexity index is 536. The molecule has 0 N–H and O–H groups in total. The highest BCUT2D eigenvalue weighted by atomic mass is 19.1. The predicted octanol–water partition coefficient (Wildman–Crippen LogP) is 1.43. The first kappa shape index (κ1) is 8.52. The van der Waals surface area contributed by atoms with E-state index >= 15 is 0 Å². The molecule has 76 valence electrons. The van der Waals surface area contributed by atoms with Gasteiger partial charge in [0.2, 0.25) is 0 Å². The molecule has 1 aliphatic carbocycles. The molecule has 1 aliphatic rings. The van der Waals surface area contributed by atoms with Crippen molar-refractivity contribution in [3.63, 3.8) is 0 Å². The Morgan fingerprint density at radius 1 is 1.47 bits per heavy atom. The van der Waals surface area contributed by atoms with Crippen LogP contribution in [0.3, 0.4) is 0 Å². The number of hydrogen-bond donors (Lipinski definition) is 0. The zero-order chi connectivity index (χ0) is 10.4.